The first-order valence-corrected chi connectivity index (χ1v) is 4.35. The molecule has 0 fully saturated rings. The van der Waals surface area contributed by atoms with Crippen molar-refractivity contribution in [3.8, 4) is 0 Å². The van der Waals surface area contributed by atoms with Crippen LogP contribution in [-0.4, -0.2) is 9.38 Å². The van der Waals surface area contributed by atoms with Gasteiger partial charge in [-0.2, -0.15) is 4.39 Å². The Balaban J connectivity index is 2.99. The van der Waals surface area contributed by atoms with Crippen LogP contribution in [0.25, 0.3) is 5.52 Å². The minimum Gasteiger partial charge on any atom is -0.262 e. The van der Waals surface area contributed by atoms with Gasteiger partial charge in [-0.05, 0) is 28.1 Å². The van der Waals surface area contributed by atoms with Gasteiger partial charge >= 0.3 is 0 Å². The lowest BCUT2D eigenvalue weighted by molar-refractivity contribution is 0.563. The van der Waals surface area contributed by atoms with Gasteiger partial charge in [0.2, 0.25) is 0 Å². The molecule has 0 bridgehead atoms. The van der Waals surface area contributed by atoms with Crippen LogP contribution in [0.2, 0.25) is 5.15 Å². The van der Waals surface area contributed by atoms with Crippen molar-refractivity contribution < 1.29 is 4.39 Å². The van der Waals surface area contributed by atoms with E-state index in [2.05, 4.69) is 20.9 Å². The zero-order chi connectivity index (χ0) is 8.72. The van der Waals surface area contributed by atoms with Gasteiger partial charge in [-0.25, -0.2) is 4.98 Å². The fraction of sp³-hybridized carbons (Fsp3) is 0. The minimum absolute atomic E-state index is 0.293. The zero-order valence-electron chi connectivity index (χ0n) is 5.76. The van der Waals surface area contributed by atoms with Crippen LogP contribution in [0.5, 0.6) is 0 Å². The largest absolute Gasteiger partial charge is 0.262 e. The zero-order valence-corrected chi connectivity index (χ0v) is 8.10. The molecule has 0 spiro atoms. The molecule has 2 aromatic rings. The highest BCUT2D eigenvalue weighted by Gasteiger charge is 2.08. The van der Waals surface area contributed by atoms with Crippen LogP contribution >= 0.6 is 27.5 Å². The van der Waals surface area contributed by atoms with E-state index < -0.39 is 5.95 Å². The Kier molecular flexibility index (Phi) is 1.81. The molecule has 2 aromatic heterocycles. The number of aromatic nitrogens is 2. The van der Waals surface area contributed by atoms with Gasteiger partial charge in [0.25, 0.3) is 0 Å². The van der Waals surface area contributed by atoms with E-state index in [1.165, 1.54) is 10.5 Å². The first-order valence-electron chi connectivity index (χ1n) is 3.18. The molecule has 0 N–H and O–H groups in total. The van der Waals surface area contributed by atoms with Crippen LogP contribution in [0.3, 0.4) is 0 Å². The summed E-state index contributed by atoms with van der Waals surface area (Å²) in [6, 6.07) is 4.63. The van der Waals surface area contributed by atoms with E-state index in [1.807, 2.05) is 0 Å². The van der Waals surface area contributed by atoms with Crippen LogP contribution in [0.4, 0.5) is 4.39 Å². The lowest BCUT2D eigenvalue weighted by Crippen LogP contribution is -1.90. The highest BCUT2D eigenvalue weighted by atomic mass is 79.9. The Bertz CT molecular complexity index is 440. The minimum atomic E-state index is -0.390. The normalized spacial score (nSPS) is 10.9. The Morgan fingerprint density at radius 3 is 2.92 bits per heavy atom. The van der Waals surface area contributed by atoms with E-state index in [-0.39, 0.29) is 0 Å². The third kappa shape index (κ3) is 1.03. The molecular weight excluding hydrogens is 246 g/mol. The summed E-state index contributed by atoms with van der Waals surface area (Å²) < 4.78 is 14.8. The van der Waals surface area contributed by atoms with Crippen LogP contribution < -0.4 is 0 Å². The van der Waals surface area contributed by atoms with E-state index in [0.717, 1.165) is 0 Å². The maximum absolute atomic E-state index is 13.1. The van der Waals surface area contributed by atoms with Crippen LogP contribution in [0.1, 0.15) is 0 Å². The lowest BCUT2D eigenvalue weighted by atomic mass is 10.4. The Hall–Kier alpha value is -0.610. The van der Waals surface area contributed by atoms with Gasteiger partial charge in [0.15, 0.2) is 15.8 Å². The third-order valence-corrected chi connectivity index (χ3v) is 2.34. The quantitative estimate of drug-likeness (QED) is 0.656. The molecule has 0 aromatic carbocycles. The molecule has 62 valence electrons. The average Bonchev–Trinajstić information content (AvgIpc) is 2.29. The summed E-state index contributed by atoms with van der Waals surface area (Å²) in [6.07, 6.45) is 0. The monoisotopic (exact) mass is 248 g/mol. The number of pyridine rings is 1. The molecule has 2 heterocycles. The first-order chi connectivity index (χ1) is 5.70. The summed E-state index contributed by atoms with van der Waals surface area (Å²) in [5, 5.41) is 0.293. The van der Waals surface area contributed by atoms with Gasteiger partial charge in [0.1, 0.15) is 0 Å². The first kappa shape index (κ1) is 8.01. The SMILES string of the molecule is Fc1cccc2c(Cl)nc(Br)n12. The van der Waals surface area contributed by atoms with Crippen LogP contribution in [0, 0.1) is 5.95 Å². The van der Waals surface area contributed by atoms with Gasteiger partial charge in [-0.15, -0.1) is 0 Å². The lowest BCUT2D eigenvalue weighted by Gasteiger charge is -1.95. The van der Waals surface area contributed by atoms with Crippen molar-refractivity contribution in [3.63, 3.8) is 0 Å². The second-order valence-electron chi connectivity index (χ2n) is 2.24. The molecule has 0 saturated carbocycles. The van der Waals surface area contributed by atoms with Gasteiger partial charge in [-0.3, -0.25) is 4.40 Å². The molecule has 2 rings (SSSR count). The fourth-order valence-corrected chi connectivity index (χ4v) is 1.89. The van der Waals surface area contributed by atoms with Crippen molar-refractivity contribution in [3.05, 3.63) is 34.0 Å². The van der Waals surface area contributed by atoms with Gasteiger partial charge in [0.05, 0.1) is 5.52 Å². The molecule has 0 aliphatic heterocycles. The number of rotatable bonds is 0. The predicted octanol–water partition coefficient (Wildman–Crippen LogP) is 2.89. The summed E-state index contributed by atoms with van der Waals surface area (Å²) in [5.74, 6) is -0.390. The molecule has 5 heteroatoms. The van der Waals surface area contributed by atoms with Crippen LogP contribution in [-0.2, 0) is 0 Å². The highest BCUT2D eigenvalue weighted by Crippen LogP contribution is 2.22. The number of hydrogen-bond donors (Lipinski definition) is 0. The molecule has 0 radical (unpaired) electrons. The van der Waals surface area contributed by atoms with Crippen molar-refractivity contribution in [1.82, 2.24) is 9.38 Å². The maximum Gasteiger partial charge on any atom is 0.200 e. The molecule has 0 unspecified atom stereocenters. The van der Waals surface area contributed by atoms with Crippen LogP contribution in [0.15, 0.2) is 22.9 Å². The molecule has 2 nitrogen and oxygen atoms in total. The number of nitrogens with zero attached hydrogens (tertiary/aromatic N) is 2. The van der Waals surface area contributed by atoms with Crippen molar-refractivity contribution in [2.75, 3.05) is 0 Å². The smallest absolute Gasteiger partial charge is 0.200 e. The van der Waals surface area contributed by atoms with E-state index >= 15 is 0 Å². The second-order valence-corrected chi connectivity index (χ2v) is 3.31. The third-order valence-electron chi connectivity index (χ3n) is 1.53. The number of imidazole rings is 1. The predicted molar refractivity (Wildman–Crippen MR) is 47.9 cm³/mol. The van der Waals surface area contributed by atoms with Gasteiger partial charge < -0.3 is 0 Å². The van der Waals surface area contributed by atoms with Crippen molar-refractivity contribution in [2.24, 2.45) is 0 Å². The summed E-state index contributed by atoms with van der Waals surface area (Å²) in [6.45, 7) is 0. The molecule has 0 aliphatic carbocycles. The second kappa shape index (κ2) is 2.71. The highest BCUT2D eigenvalue weighted by molar-refractivity contribution is 9.10. The van der Waals surface area contributed by atoms with E-state index in [0.29, 0.717) is 15.4 Å². The number of halogens is 3. The molecule has 0 atom stereocenters. The standard InChI is InChI=1S/C7H3BrClFN2/c8-7-11-6(9)4-2-1-3-5(10)12(4)7/h1-3H. The van der Waals surface area contributed by atoms with Crippen molar-refractivity contribution >= 4 is 33.0 Å². The topological polar surface area (TPSA) is 17.3 Å². The number of fused-ring (bicyclic) bond motifs is 1. The average molecular weight is 249 g/mol. The molecule has 0 amide bonds. The Morgan fingerprint density at radius 2 is 2.25 bits per heavy atom. The van der Waals surface area contributed by atoms with Gasteiger partial charge in [-0.1, -0.05) is 17.7 Å². The van der Waals surface area contributed by atoms with Crippen molar-refractivity contribution in [2.45, 2.75) is 0 Å². The van der Waals surface area contributed by atoms with Gasteiger partial charge in [0, 0.05) is 0 Å². The molecular formula is C7H3BrClFN2. The Labute approximate surface area is 81.1 Å². The fourth-order valence-electron chi connectivity index (χ4n) is 1.02. The van der Waals surface area contributed by atoms with E-state index in [4.69, 9.17) is 11.6 Å². The Morgan fingerprint density at radius 1 is 1.50 bits per heavy atom. The summed E-state index contributed by atoms with van der Waals surface area (Å²) in [4.78, 5) is 3.86. The van der Waals surface area contributed by atoms with E-state index in [9.17, 15) is 4.39 Å². The summed E-state index contributed by atoms with van der Waals surface area (Å²) in [5.41, 5.74) is 0.559. The maximum atomic E-state index is 13.1. The number of hydrogen-bond acceptors (Lipinski definition) is 1. The van der Waals surface area contributed by atoms with E-state index in [1.54, 1.807) is 12.1 Å². The molecule has 12 heavy (non-hydrogen) atoms. The summed E-state index contributed by atoms with van der Waals surface area (Å²) in [7, 11) is 0. The summed E-state index contributed by atoms with van der Waals surface area (Å²) >= 11 is 8.82. The molecule has 0 saturated heterocycles. The molecule has 0 aliphatic rings. The van der Waals surface area contributed by atoms with Crippen molar-refractivity contribution in [1.29, 1.82) is 0 Å².